The number of nitrogens with zero attached hydrogens (tertiary/aromatic N) is 1. The monoisotopic (exact) mass is 493 g/mol. The molecule has 0 aliphatic heterocycles. The van der Waals surface area contributed by atoms with Crippen molar-refractivity contribution in [1.82, 2.24) is 10.6 Å². The smallest absolute Gasteiger partial charge is 0.337 e. The van der Waals surface area contributed by atoms with E-state index in [0.717, 1.165) is 25.7 Å². The molecule has 0 spiro atoms. The van der Waals surface area contributed by atoms with Crippen molar-refractivity contribution in [3.05, 3.63) is 78.1 Å². The van der Waals surface area contributed by atoms with Crippen LogP contribution in [0.3, 0.4) is 0 Å². The number of nitrogens with one attached hydrogen (secondary N) is 2. The van der Waals surface area contributed by atoms with Crippen molar-refractivity contribution >= 4 is 29.4 Å². The van der Waals surface area contributed by atoms with Gasteiger partial charge in [0.15, 0.2) is 11.8 Å². The summed E-state index contributed by atoms with van der Waals surface area (Å²) in [6.07, 6.45) is 6.49. The van der Waals surface area contributed by atoms with E-state index < -0.39 is 36.3 Å². The number of hydrogen-bond donors (Lipinski definition) is 2. The van der Waals surface area contributed by atoms with E-state index in [-0.39, 0.29) is 28.8 Å². The summed E-state index contributed by atoms with van der Waals surface area (Å²) in [6.45, 7) is -0.435. The van der Waals surface area contributed by atoms with Crippen LogP contribution >= 0.6 is 0 Å². The fraction of sp³-hybridized carbons (Fsp3) is 0.308. The zero-order valence-electron chi connectivity index (χ0n) is 19.8. The fourth-order valence-corrected chi connectivity index (χ4v) is 4.24. The van der Waals surface area contributed by atoms with Crippen molar-refractivity contribution in [2.75, 3.05) is 18.6 Å². The minimum atomic E-state index is -1.18. The highest BCUT2D eigenvalue weighted by atomic mass is 16.5. The Bertz CT molecular complexity index is 1200. The molecule has 3 aromatic rings. The number of furan rings is 2. The van der Waals surface area contributed by atoms with Crippen molar-refractivity contribution in [3.63, 3.8) is 0 Å². The highest BCUT2D eigenvalue weighted by molar-refractivity contribution is 6.04. The molecular formula is C26H27N3O7. The number of methoxy groups -OCH3 is 1. The van der Waals surface area contributed by atoms with Crippen molar-refractivity contribution < 1.29 is 32.7 Å². The molecule has 0 unspecified atom stereocenters. The van der Waals surface area contributed by atoms with E-state index in [2.05, 4.69) is 10.6 Å². The quantitative estimate of drug-likeness (QED) is 0.438. The Labute approximate surface area is 207 Å². The molecule has 2 aromatic heterocycles. The molecule has 2 N–H and O–H groups in total. The standard InChI is InChI=1S/C26H27N3O7/c1-34-26(33)17-7-4-10-19(15-17)29(22(30)16-27-24(31)21-12-6-14-36-21)23(20-11-5-13-35-20)25(32)28-18-8-2-3-9-18/h4-7,10-15,18,23H,2-3,8-9,16H2,1H3,(H,27,31)(H,28,32)/t23-/m1/s1. The lowest BCUT2D eigenvalue weighted by atomic mass is 10.1. The minimum Gasteiger partial charge on any atom is -0.467 e. The summed E-state index contributed by atoms with van der Waals surface area (Å²) in [4.78, 5) is 52.9. The maximum Gasteiger partial charge on any atom is 0.337 e. The number of anilines is 1. The number of esters is 1. The number of rotatable bonds is 9. The first kappa shape index (κ1) is 24.8. The minimum absolute atomic E-state index is 0.00743. The summed E-state index contributed by atoms with van der Waals surface area (Å²) >= 11 is 0. The van der Waals surface area contributed by atoms with Crippen LogP contribution in [0.1, 0.15) is 58.4 Å². The molecule has 1 fully saturated rings. The Hall–Kier alpha value is -4.34. The van der Waals surface area contributed by atoms with Gasteiger partial charge in [-0.3, -0.25) is 19.3 Å². The van der Waals surface area contributed by atoms with E-state index in [1.165, 1.54) is 42.7 Å². The average Bonchev–Trinajstić information content (AvgIpc) is 3.69. The van der Waals surface area contributed by atoms with Crippen LogP contribution < -0.4 is 15.5 Å². The summed E-state index contributed by atoms with van der Waals surface area (Å²) < 4.78 is 15.5. The van der Waals surface area contributed by atoms with Gasteiger partial charge in [-0.15, -0.1) is 0 Å². The molecule has 1 aliphatic carbocycles. The van der Waals surface area contributed by atoms with E-state index in [9.17, 15) is 19.2 Å². The van der Waals surface area contributed by atoms with E-state index >= 15 is 0 Å². The summed E-state index contributed by atoms with van der Waals surface area (Å²) in [5.74, 6) is -1.92. The highest BCUT2D eigenvalue weighted by Crippen LogP contribution is 2.30. The van der Waals surface area contributed by atoms with Crippen molar-refractivity contribution in [3.8, 4) is 0 Å². The Balaban J connectivity index is 1.68. The lowest BCUT2D eigenvalue weighted by molar-refractivity contribution is -0.127. The van der Waals surface area contributed by atoms with Gasteiger partial charge in [0.1, 0.15) is 5.76 Å². The van der Waals surface area contributed by atoms with Crippen LogP contribution in [-0.2, 0) is 14.3 Å². The van der Waals surface area contributed by atoms with Gasteiger partial charge in [-0.2, -0.15) is 0 Å². The van der Waals surface area contributed by atoms with Gasteiger partial charge in [-0.25, -0.2) is 4.79 Å². The van der Waals surface area contributed by atoms with E-state index in [1.807, 2.05) is 0 Å². The van der Waals surface area contributed by atoms with E-state index in [1.54, 1.807) is 30.3 Å². The van der Waals surface area contributed by atoms with Gasteiger partial charge in [0.2, 0.25) is 5.91 Å². The molecule has 10 nitrogen and oxygen atoms in total. The molecule has 36 heavy (non-hydrogen) atoms. The van der Waals surface area contributed by atoms with Crippen molar-refractivity contribution in [2.45, 2.75) is 37.8 Å². The maximum atomic E-state index is 13.6. The molecule has 188 valence electrons. The molecule has 1 aromatic carbocycles. The fourth-order valence-electron chi connectivity index (χ4n) is 4.24. The number of hydrogen-bond acceptors (Lipinski definition) is 7. The second kappa shape index (κ2) is 11.4. The average molecular weight is 494 g/mol. The predicted octanol–water partition coefficient (Wildman–Crippen LogP) is 3.22. The Morgan fingerprint density at radius 3 is 2.44 bits per heavy atom. The second-order valence-corrected chi connectivity index (χ2v) is 8.37. The molecule has 2 heterocycles. The summed E-state index contributed by atoms with van der Waals surface area (Å²) in [7, 11) is 1.25. The van der Waals surface area contributed by atoms with Crippen molar-refractivity contribution in [1.29, 1.82) is 0 Å². The number of ether oxygens (including phenoxy) is 1. The first-order valence-electron chi connectivity index (χ1n) is 11.6. The van der Waals surface area contributed by atoms with E-state index in [4.69, 9.17) is 13.6 Å². The van der Waals surface area contributed by atoms with Gasteiger partial charge in [0.25, 0.3) is 11.8 Å². The molecule has 1 aliphatic rings. The third kappa shape index (κ3) is 5.65. The van der Waals surface area contributed by atoms with Gasteiger partial charge in [-0.1, -0.05) is 18.9 Å². The first-order chi connectivity index (χ1) is 17.5. The molecule has 1 saturated carbocycles. The summed E-state index contributed by atoms with van der Waals surface area (Å²) in [6, 6.07) is 11.2. The van der Waals surface area contributed by atoms with Crippen LogP contribution in [0, 0.1) is 0 Å². The van der Waals surface area contributed by atoms with Crippen LogP contribution in [0.25, 0.3) is 0 Å². The van der Waals surface area contributed by atoms with Crippen LogP contribution in [0.15, 0.2) is 69.9 Å². The molecule has 10 heteroatoms. The summed E-state index contributed by atoms with van der Waals surface area (Å²) in [5, 5.41) is 5.54. The van der Waals surface area contributed by atoms with Gasteiger partial charge < -0.3 is 24.2 Å². The molecule has 1 atom stereocenters. The van der Waals surface area contributed by atoms with Crippen LogP contribution in [-0.4, -0.2) is 43.4 Å². The van der Waals surface area contributed by atoms with Gasteiger partial charge in [0.05, 0.1) is 31.7 Å². The Morgan fingerprint density at radius 2 is 1.78 bits per heavy atom. The summed E-state index contributed by atoms with van der Waals surface area (Å²) in [5.41, 5.74) is 0.458. The lowest BCUT2D eigenvalue weighted by Gasteiger charge is -2.31. The maximum absolute atomic E-state index is 13.6. The van der Waals surface area contributed by atoms with Crippen molar-refractivity contribution in [2.24, 2.45) is 0 Å². The number of amides is 3. The normalized spacial score (nSPS) is 14.1. The van der Waals surface area contributed by atoms with Gasteiger partial charge in [0, 0.05) is 11.7 Å². The molecule has 0 bridgehead atoms. The molecule has 3 amide bonds. The van der Waals surface area contributed by atoms with Crippen LogP contribution in [0.2, 0.25) is 0 Å². The second-order valence-electron chi connectivity index (χ2n) is 8.37. The van der Waals surface area contributed by atoms with Gasteiger partial charge >= 0.3 is 5.97 Å². The Morgan fingerprint density at radius 1 is 1.03 bits per heavy atom. The molecule has 0 saturated heterocycles. The number of carbonyl (C=O) groups is 4. The van der Waals surface area contributed by atoms with E-state index in [0.29, 0.717) is 0 Å². The predicted molar refractivity (Wildman–Crippen MR) is 128 cm³/mol. The Kier molecular flexibility index (Phi) is 7.84. The number of benzene rings is 1. The first-order valence-corrected chi connectivity index (χ1v) is 11.6. The lowest BCUT2D eigenvalue weighted by Crippen LogP contribution is -2.49. The zero-order valence-corrected chi connectivity index (χ0v) is 19.8. The number of carbonyl (C=O) groups excluding carboxylic acids is 4. The largest absolute Gasteiger partial charge is 0.467 e. The topological polar surface area (TPSA) is 131 Å². The zero-order chi connectivity index (χ0) is 25.5. The molecule has 0 radical (unpaired) electrons. The van der Waals surface area contributed by atoms with Crippen LogP contribution in [0.5, 0.6) is 0 Å². The highest BCUT2D eigenvalue weighted by Gasteiger charge is 2.36. The third-order valence-electron chi connectivity index (χ3n) is 5.98. The van der Waals surface area contributed by atoms with Crippen LogP contribution in [0.4, 0.5) is 5.69 Å². The van der Waals surface area contributed by atoms with Gasteiger partial charge in [-0.05, 0) is 55.3 Å². The molecular weight excluding hydrogens is 466 g/mol. The SMILES string of the molecule is COC(=O)c1cccc(N(C(=O)CNC(=O)c2ccco2)[C@@H](C(=O)NC2CCCC2)c2ccco2)c1. The molecule has 4 rings (SSSR count). The third-order valence-corrected chi connectivity index (χ3v) is 5.98.